The Morgan fingerprint density at radius 1 is 1.18 bits per heavy atom. The summed E-state index contributed by atoms with van der Waals surface area (Å²) in [6, 6.07) is 16.7. The summed E-state index contributed by atoms with van der Waals surface area (Å²) in [5.41, 5.74) is 7.54. The predicted octanol–water partition coefficient (Wildman–Crippen LogP) is 4.04. The molecule has 3 N–H and O–H groups in total. The quantitative estimate of drug-likeness (QED) is 0.450. The molecule has 1 aliphatic rings. The van der Waals surface area contributed by atoms with Crippen LogP contribution in [0.2, 0.25) is 0 Å². The molecule has 0 saturated carbocycles. The van der Waals surface area contributed by atoms with Gasteiger partial charge in [-0.2, -0.15) is 0 Å². The third-order valence-electron chi connectivity index (χ3n) is 5.76. The molecule has 0 radical (unpaired) electrons. The normalized spacial score (nSPS) is 14.3. The highest BCUT2D eigenvalue weighted by atomic mass is 32.1. The zero-order valence-electron chi connectivity index (χ0n) is 18.6. The van der Waals surface area contributed by atoms with Gasteiger partial charge in [0.25, 0.3) is 11.5 Å². The van der Waals surface area contributed by atoms with Gasteiger partial charge < -0.3 is 20.5 Å². The zero-order chi connectivity index (χ0) is 23.7. The number of nitrogens with zero attached hydrogens (tertiary/aromatic N) is 2. The van der Waals surface area contributed by atoms with E-state index >= 15 is 0 Å². The van der Waals surface area contributed by atoms with E-state index in [-0.39, 0.29) is 17.8 Å². The Kier molecular flexibility index (Phi) is 6.04. The minimum Gasteiger partial charge on any atom is -0.457 e. The van der Waals surface area contributed by atoms with Crippen molar-refractivity contribution in [2.24, 2.45) is 0 Å². The first-order valence-electron chi connectivity index (χ1n) is 11.0. The van der Waals surface area contributed by atoms with Gasteiger partial charge in [-0.25, -0.2) is 4.98 Å². The fraction of sp³-hybridized carbons (Fsp3) is 0.240. The third kappa shape index (κ3) is 4.40. The highest BCUT2D eigenvalue weighted by Gasteiger charge is 2.21. The van der Waals surface area contributed by atoms with Gasteiger partial charge in [0.2, 0.25) is 0 Å². The fourth-order valence-corrected chi connectivity index (χ4v) is 4.84. The lowest BCUT2D eigenvalue weighted by Gasteiger charge is -2.22. The summed E-state index contributed by atoms with van der Waals surface area (Å²) in [7, 11) is 0. The molecule has 8 nitrogen and oxygen atoms in total. The second-order valence-electron chi connectivity index (χ2n) is 8.16. The number of aromatic nitrogens is 2. The maximum Gasteiger partial charge on any atom is 0.298 e. The molecular weight excluding hydrogens is 452 g/mol. The Balaban J connectivity index is 1.54. The molecule has 174 valence electrons. The van der Waals surface area contributed by atoms with Gasteiger partial charge in [-0.05, 0) is 49.6 Å². The summed E-state index contributed by atoms with van der Waals surface area (Å²) in [6.07, 6.45) is 1.56. The van der Waals surface area contributed by atoms with Crippen LogP contribution in [0.25, 0.3) is 16.0 Å². The van der Waals surface area contributed by atoms with Crippen LogP contribution in [0, 0.1) is 6.92 Å². The van der Waals surface area contributed by atoms with Gasteiger partial charge in [0.1, 0.15) is 16.3 Å². The number of aryl methyl sites for hydroxylation is 1. The molecule has 1 amide bonds. The number of nitrogens with two attached hydrogens (primary N) is 1. The molecule has 9 heteroatoms. The van der Waals surface area contributed by atoms with Crippen molar-refractivity contribution in [2.75, 3.05) is 18.9 Å². The van der Waals surface area contributed by atoms with Gasteiger partial charge in [0.15, 0.2) is 5.82 Å². The van der Waals surface area contributed by atoms with Crippen molar-refractivity contribution < 1.29 is 14.3 Å². The number of amides is 1. The van der Waals surface area contributed by atoms with Crippen molar-refractivity contribution in [1.29, 1.82) is 0 Å². The Morgan fingerprint density at radius 3 is 2.71 bits per heavy atom. The van der Waals surface area contributed by atoms with Crippen molar-refractivity contribution in [3.63, 3.8) is 0 Å². The van der Waals surface area contributed by atoms with E-state index in [9.17, 15) is 9.59 Å². The summed E-state index contributed by atoms with van der Waals surface area (Å²) in [5, 5.41) is 3.05. The molecule has 0 spiro atoms. The molecule has 1 aliphatic heterocycles. The maximum atomic E-state index is 13.1. The molecule has 5 rings (SSSR count). The first-order valence-corrected chi connectivity index (χ1v) is 11.9. The summed E-state index contributed by atoms with van der Waals surface area (Å²) in [5.74, 6) is 0.991. The van der Waals surface area contributed by atoms with Crippen LogP contribution in [0.4, 0.5) is 5.82 Å². The molecule has 1 saturated heterocycles. The first kappa shape index (κ1) is 22.1. The van der Waals surface area contributed by atoms with Crippen LogP contribution >= 0.6 is 11.3 Å². The minimum absolute atomic E-state index is 0.0708. The van der Waals surface area contributed by atoms with E-state index in [2.05, 4.69) is 10.3 Å². The average molecular weight is 477 g/mol. The van der Waals surface area contributed by atoms with Crippen molar-refractivity contribution in [3.05, 3.63) is 75.4 Å². The molecule has 0 atom stereocenters. The van der Waals surface area contributed by atoms with Crippen molar-refractivity contribution in [3.8, 4) is 17.2 Å². The molecule has 0 aliphatic carbocycles. The topological polar surface area (TPSA) is 108 Å². The molecule has 3 heterocycles. The van der Waals surface area contributed by atoms with Crippen molar-refractivity contribution in [2.45, 2.75) is 25.8 Å². The van der Waals surface area contributed by atoms with Gasteiger partial charge in [-0.15, -0.1) is 11.3 Å². The number of hydrogen-bond acceptors (Lipinski definition) is 7. The molecule has 0 bridgehead atoms. The van der Waals surface area contributed by atoms with Gasteiger partial charge >= 0.3 is 0 Å². The number of benzene rings is 2. The summed E-state index contributed by atoms with van der Waals surface area (Å²) < 4.78 is 12.9. The van der Waals surface area contributed by atoms with Crippen molar-refractivity contribution in [1.82, 2.24) is 14.9 Å². The number of fused-ring (bicyclic) bond motifs is 1. The van der Waals surface area contributed by atoms with Gasteiger partial charge in [0, 0.05) is 25.3 Å². The zero-order valence-corrected chi connectivity index (χ0v) is 19.4. The lowest BCUT2D eigenvalue weighted by Crippen LogP contribution is -2.38. The Labute approximate surface area is 200 Å². The largest absolute Gasteiger partial charge is 0.457 e. The predicted molar refractivity (Wildman–Crippen MR) is 132 cm³/mol. The number of nitrogen functional groups attached to an aromatic ring is 1. The van der Waals surface area contributed by atoms with Crippen LogP contribution in [0.15, 0.2) is 59.4 Å². The number of rotatable bonds is 5. The fourth-order valence-electron chi connectivity index (χ4n) is 3.91. The molecule has 2 aromatic heterocycles. The van der Waals surface area contributed by atoms with E-state index in [1.54, 1.807) is 12.1 Å². The van der Waals surface area contributed by atoms with E-state index in [0.29, 0.717) is 45.6 Å². The number of para-hydroxylation sites is 1. The first-order chi connectivity index (χ1) is 16.5. The smallest absolute Gasteiger partial charge is 0.298 e. The monoisotopic (exact) mass is 476 g/mol. The van der Waals surface area contributed by atoms with Crippen LogP contribution < -0.4 is 21.3 Å². The lowest BCUT2D eigenvalue weighted by molar-refractivity contribution is 0.0698. The Morgan fingerprint density at radius 2 is 1.94 bits per heavy atom. The second kappa shape index (κ2) is 9.28. The Bertz CT molecular complexity index is 1410. The minimum atomic E-state index is -0.448. The molecule has 0 unspecified atom stereocenters. The number of ether oxygens (including phenoxy) is 2. The summed E-state index contributed by atoms with van der Waals surface area (Å²) in [6.45, 7) is 3.20. The molecule has 1 fully saturated rings. The van der Waals surface area contributed by atoms with Crippen molar-refractivity contribution >= 4 is 33.4 Å². The SMILES string of the molecule is Cc1ccc(-n2c(=O)c(N)nc3sc(C(=O)NC4CCOCC4)cc32)cc1Oc1ccccc1. The van der Waals surface area contributed by atoms with E-state index in [1.165, 1.54) is 15.9 Å². The maximum absolute atomic E-state index is 13.1. The van der Waals surface area contributed by atoms with Gasteiger partial charge in [0.05, 0.1) is 16.1 Å². The molecule has 34 heavy (non-hydrogen) atoms. The molecular formula is C25H24N4O4S. The van der Waals surface area contributed by atoms with Crippen LogP contribution in [-0.4, -0.2) is 34.7 Å². The number of carbonyl (C=O) groups is 1. The average Bonchev–Trinajstić information content (AvgIpc) is 3.26. The highest BCUT2D eigenvalue weighted by molar-refractivity contribution is 7.20. The summed E-state index contributed by atoms with van der Waals surface area (Å²) in [4.78, 5) is 31.2. The third-order valence-corrected chi connectivity index (χ3v) is 6.78. The van der Waals surface area contributed by atoms with Gasteiger partial charge in [-0.3, -0.25) is 14.2 Å². The van der Waals surface area contributed by atoms with Crippen LogP contribution in [0.3, 0.4) is 0 Å². The Hall–Kier alpha value is -3.69. The van der Waals surface area contributed by atoms with E-state index in [4.69, 9.17) is 15.2 Å². The molecule has 4 aromatic rings. The standard InChI is InChI=1S/C25H24N4O4S/c1-15-7-8-17(13-20(15)33-18-5-3-2-4-6-18)29-19-14-21(34-24(19)28-22(26)25(29)31)23(30)27-16-9-11-32-12-10-16/h2-8,13-14,16H,9-12H2,1H3,(H2,26,28)(H,27,30). The van der Waals surface area contributed by atoms with E-state index < -0.39 is 5.56 Å². The van der Waals surface area contributed by atoms with Crippen LogP contribution in [-0.2, 0) is 4.74 Å². The molecule has 2 aromatic carbocycles. The second-order valence-corrected chi connectivity index (χ2v) is 9.19. The van der Waals surface area contributed by atoms with E-state index in [0.717, 1.165) is 18.4 Å². The van der Waals surface area contributed by atoms with Gasteiger partial charge in [-0.1, -0.05) is 24.3 Å². The number of nitrogens with one attached hydrogen (secondary N) is 1. The number of hydrogen-bond donors (Lipinski definition) is 2. The number of thiophene rings is 1. The van der Waals surface area contributed by atoms with E-state index in [1.807, 2.05) is 49.4 Å². The lowest BCUT2D eigenvalue weighted by atomic mass is 10.1. The van der Waals surface area contributed by atoms with Crippen LogP contribution in [0.5, 0.6) is 11.5 Å². The summed E-state index contributed by atoms with van der Waals surface area (Å²) >= 11 is 1.21. The number of carbonyl (C=O) groups excluding carboxylic acids is 1. The highest BCUT2D eigenvalue weighted by Crippen LogP contribution is 2.30. The number of anilines is 1. The van der Waals surface area contributed by atoms with Crippen LogP contribution in [0.1, 0.15) is 28.1 Å².